The molecule has 26 heavy (non-hydrogen) atoms. The first-order valence-electron chi connectivity index (χ1n) is 8.33. The summed E-state index contributed by atoms with van der Waals surface area (Å²) in [6.07, 6.45) is 1.24. The van der Waals surface area contributed by atoms with Gasteiger partial charge in [0.15, 0.2) is 0 Å². The monoisotopic (exact) mass is 355 g/mol. The Hall–Kier alpha value is -3.09. The second-order valence-corrected chi connectivity index (χ2v) is 6.12. The lowest BCUT2D eigenvalue weighted by Gasteiger charge is -2.20. The minimum absolute atomic E-state index is 0.137. The van der Waals surface area contributed by atoms with E-state index in [4.69, 9.17) is 0 Å². The van der Waals surface area contributed by atoms with Crippen molar-refractivity contribution in [3.63, 3.8) is 0 Å². The maximum Gasteiger partial charge on any atom is 0.270 e. The predicted molar refractivity (Wildman–Crippen MR) is 97.2 cm³/mol. The van der Waals surface area contributed by atoms with Crippen molar-refractivity contribution in [2.75, 3.05) is 11.9 Å². The third-order valence-electron chi connectivity index (χ3n) is 4.40. The number of benzene rings is 2. The lowest BCUT2D eigenvalue weighted by molar-refractivity contribution is -0.384. The van der Waals surface area contributed by atoms with Gasteiger partial charge < -0.3 is 4.90 Å². The van der Waals surface area contributed by atoms with Crippen LogP contribution in [0.2, 0.25) is 0 Å². The molecule has 2 aromatic rings. The van der Waals surface area contributed by atoms with Gasteiger partial charge in [0, 0.05) is 30.3 Å². The molecule has 0 radical (unpaired) electrons. The smallest absolute Gasteiger partial charge is 0.270 e. The van der Waals surface area contributed by atoms with Crippen LogP contribution >= 0.6 is 0 Å². The number of halogens is 1. The Morgan fingerprint density at radius 3 is 2.62 bits per heavy atom. The highest BCUT2D eigenvalue weighted by molar-refractivity contribution is 6.20. The number of nitro groups is 1. The van der Waals surface area contributed by atoms with E-state index >= 15 is 0 Å². The number of rotatable bonds is 4. The summed E-state index contributed by atoms with van der Waals surface area (Å²) >= 11 is 0. The van der Waals surface area contributed by atoms with E-state index in [1.54, 1.807) is 25.2 Å². The van der Waals surface area contributed by atoms with Crippen LogP contribution in [0.5, 0.6) is 0 Å². The van der Waals surface area contributed by atoms with Gasteiger partial charge in [-0.1, -0.05) is 25.5 Å². The molecule has 1 heterocycles. The molecule has 1 aliphatic rings. The van der Waals surface area contributed by atoms with E-state index in [9.17, 15) is 19.3 Å². The van der Waals surface area contributed by atoms with Gasteiger partial charge in [-0.3, -0.25) is 19.9 Å². The van der Waals surface area contributed by atoms with E-state index in [1.165, 1.54) is 29.2 Å². The number of non-ortho nitro benzene ring substituents is 1. The predicted octanol–water partition coefficient (Wildman–Crippen LogP) is 3.72. The molecule has 0 fully saturated rings. The Morgan fingerprint density at radius 2 is 1.96 bits per heavy atom. The van der Waals surface area contributed by atoms with Crippen molar-refractivity contribution in [2.45, 2.75) is 25.8 Å². The summed E-state index contributed by atoms with van der Waals surface area (Å²) in [5, 5.41) is 11.2. The van der Waals surface area contributed by atoms with Crippen LogP contribution in [0, 0.1) is 15.9 Å². The number of benzodiazepines with no additional fused rings is 1. The lowest BCUT2D eigenvalue weighted by Crippen LogP contribution is -2.34. The Balaban J connectivity index is 2.30. The number of hydrogen-bond acceptors (Lipinski definition) is 4. The van der Waals surface area contributed by atoms with Crippen LogP contribution in [0.3, 0.4) is 0 Å². The van der Waals surface area contributed by atoms with E-state index in [0.717, 1.165) is 6.42 Å². The van der Waals surface area contributed by atoms with Gasteiger partial charge in [0.2, 0.25) is 0 Å². The van der Waals surface area contributed by atoms with Gasteiger partial charge in [0.05, 0.1) is 16.3 Å². The zero-order valence-corrected chi connectivity index (χ0v) is 14.5. The maximum absolute atomic E-state index is 14.5. The molecule has 0 saturated carbocycles. The molecule has 1 atom stereocenters. The molecule has 1 amide bonds. The maximum atomic E-state index is 14.5. The molecular weight excluding hydrogens is 337 g/mol. The van der Waals surface area contributed by atoms with Crippen molar-refractivity contribution in [1.82, 2.24) is 0 Å². The highest BCUT2D eigenvalue weighted by Gasteiger charge is 2.31. The topological polar surface area (TPSA) is 75.8 Å². The molecule has 2 aromatic carbocycles. The van der Waals surface area contributed by atoms with Crippen molar-refractivity contribution >= 4 is 23.0 Å². The Labute approximate surface area is 150 Å². The van der Waals surface area contributed by atoms with Gasteiger partial charge in [0.25, 0.3) is 11.6 Å². The van der Waals surface area contributed by atoms with Crippen molar-refractivity contribution in [3.05, 3.63) is 69.5 Å². The molecule has 0 saturated heterocycles. The number of likely N-dealkylation sites (N-methyl/N-ethyl adjacent to an activating group) is 1. The zero-order chi connectivity index (χ0) is 18.8. The first-order valence-corrected chi connectivity index (χ1v) is 8.33. The van der Waals surface area contributed by atoms with Crippen LogP contribution in [0.15, 0.2) is 47.5 Å². The van der Waals surface area contributed by atoms with Gasteiger partial charge in [-0.15, -0.1) is 0 Å². The zero-order valence-electron chi connectivity index (χ0n) is 14.5. The van der Waals surface area contributed by atoms with Gasteiger partial charge >= 0.3 is 0 Å². The number of anilines is 1. The number of carbonyl (C=O) groups excluding carboxylic acids is 1. The molecule has 7 heteroatoms. The number of nitrogens with zero attached hydrogens (tertiary/aromatic N) is 3. The highest BCUT2D eigenvalue weighted by Crippen LogP contribution is 2.32. The summed E-state index contributed by atoms with van der Waals surface area (Å²) in [5.41, 5.74) is 1.19. The number of nitro benzene ring substituents is 1. The van der Waals surface area contributed by atoms with E-state index in [0.29, 0.717) is 17.7 Å². The third-order valence-corrected chi connectivity index (χ3v) is 4.40. The minimum atomic E-state index is -0.661. The molecule has 6 nitrogen and oxygen atoms in total. The number of hydrogen-bond donors (Lipinski definition) is 0. The summed E-state index contributed by atoms with van der Waals surface area (Å²) < 4.78 is 14.5. The molecule has 1 aliphatic heterocycles. The van der Waals surface area contributed by atoms with Crippen molar-refractivity contribution < 1.29 is 14.1 Å². The Morgan fingerprint density at radius 1 is 1.23 bits per heavy atom. The van der Waals surface area contributed by atoms with Crippen LogP contribution in [0.1, 0.15) is 30.9 Å². The minimum Gasteiger partial charge on any atom is -0.313 e. The number of aliphatic imine (C=N–C) groups is 1. The summed E-state index contributed by atoms with van der Waals surface area (Å²) in [6, 6.07) is 9.63. The Bertz CT molecular complexity index is 911. The fourth-order valence-electron chi connectivity index (χ4n) is 3.07. The van der Waals surface area contributed by atoms with E-state index in [1.807, 2.05) is 6.92 Å². The largest absolute Gasteiger partial charge is 0.313 e. The normalized spacial score (nSPS) is 16.7. The first kappa shape index (κ1) is 17.7. The van der Waals surface area contributed by atoms with Crippen molar-refractivity contribution in [3.8, 4) is 0 Å². The third kappa shape index (κ3) is 3.08. The van der Waals surface area contributed by atoms with E-state index in [2.05, 4.69) is 4.99 Å². The van der Waals surface area contributed by atoms with Crippen molar-refractivity contribution in [1.29, 1.82) is 0 Å². The van der Waals surface area contributed by atoms with Crippen LogP contribution in [-0.2, 0) is 4.79 Å². The molecule has 1 unspecified atom stereocenters. The average Bonchev–Trinajstić information content (AvgIpc) is 2.73. The number of amides is 1. The molecule has 3 rings (SSSR count). The first-order chi connectivity index (χ1) is 12.4. The van der Waals surface area contributed by atoms with Crippen LogP contribution in [0.25, 0.3) is 0 Å². The highest BCUT2D eigenvalue weighted by atomic mass is 19.1. The van der Waals surface area contributed by atoms with E-state index in [-0.39, 0.29) is 22.9 Å². The average molecular weight is 355 g/mol. The number of carbonyl (C=O) groups is 1. The molecule has 0 N–H and O–H groups in total. The standard InChI is InChI=1S/C19H18FN3O3/c1-3-6-16-19(24)22(2)17-10-9-12(23(25)26)11-14(17)18(21-16)13-7-4-5-8-15(13)20/h4-5,7-11,16H,3,6H2,1-2H3. The summed E-state index contributed by atoms with van der Waals surface area (Å²) in [5.74, 6) is -0.704. The molecule has 0 bridgehead atoms. The molecule has 0 spiro atoms. The van der Waals surface area contributed by atoms with Gasteiger partial charge in [-0.05, 0) is 24.6 Å². The second-order valence-electron chi connectivity index (χ2n) is 6.12. The quantitative estimate of drug-likeness (QED) is 0.620. The van der Waals surface area contributed by atoms with Crippen LogP contribution < -0.4 is 4.90 Å². The van der Waals surface area contributed by atoms with Gasteiger partial charge in [0.1, 0.15) is 11.9 Å². The van der Waals surface area contributed by atoms with E-state index < -0.39 is 16.8 Å². The fourth-order valence-corrected chi connectivity index (χ4v) is 3.07. The fraction of sp³-hybridized carbons (Fsp3) is 0.263. The number of fused-ring (bicyclic) bond motifs is 1. The second kappa shape index (κ2) is 7.03. The molecule has 134 valence electrons. The molecular formula is C19H18FN3O3. The summed E-state index contributed by atoms with van der Waals surface area (Å²) in [4.78, 5) is 29.4. The van der Waals surface area contributed by atoms with Crippen LogP contribution in [0.4, 0.5) is 15.8 Å². The Kier molecular flexibility index (Phi) is 4.79. The lowest BCUT2D eigenvalue weighted by atomic mass is 9.99. The SMILES string of the molecule is CCCC1N=C(c2ccccc2F)c2cc([N+](=O)[O-])ccc2N(C)C1=O. The summed E-state index contributed by atoms with van der Waals surface area (Å²) in [6.45, 7) is 1.94. The van der Waals surface area contributed by atoms with Gasteiger partial charge in [-0.2, -0.15) is 0 Å². The molecule has 0 aromatic heterocycles. The summed E-state index contributed by atoms with van der Waals surface area (Å²) in [7, 11) is 1.61. The van der Waals surface area contributed by atoms with Crippen LogP contribution in [-0.4, -0.2) is 29.6 Å². The van der Waals surface area contributed by atoms with Crippen molar-refractivity contribution in [2.24, 2.45) is 4.99 Å². The molecule has 0 aliphatic carbocycles. The van der Waals surface area contributed by atoms with Gasteiger partial charge in [-0.25, -0.2) is 4.39 Å².